The molecule has 100 valence electrons. The van der Waals surface area contributed by atoms with Crippen LogP contribution in [0.3, 0.4) is 0 Å². The van der Waals surface area contributed by atoms with E-state index in [1.54, 1.807) is 19.1 Å². The first kappa shape index (κ1) is 13.6. The highest BCUT2D eigenvalue weighted by Gasteiger charge is 2.17. The van der Waals surface area contributed by atoms with Gasteiger partial charge < -0.3 is 14.8 Å². The fourth-order valence-electron chi connectivity index (χ4n) is 2.16. The Morgan fingerprint density at radius 1 is 1.42 bits per heavy atom. The molecule has 0 radical (unpaired) electrons. The zero-order chi connectivity index (χ0) is 14.2. The molecule has 1 aromatic heterocycles. The molecule has 0 saturated carbocycles. The first-order chi connectivity index (χ1) is 8.97. The predicted molar refractivity (Wildman–Crippen MR) is 72.0 cm³/mol. The Morgan fingerprint density at radius 3 is 2.68 bits per heavy atom. The molecule has 0 aliphatic rings. The van der Waals surface area contributed by atoms with E-state index in [1.807, 2.05) is 0 Å². The van der Waals surface area contributed by atoms with Gasteiger partial charge >= 0.3 is 5.97 Å². The second-order valence-electron chi connectivity index (χ2n) is 4.16. The van der Waals surface area contributed by atoms with Crippen molar-refractivity contribution in [2.75, 3.05) is 6.61 Å². The number of aliphatic hydroxyl groups excluding tert-OH is 1. The second-order valence-corrected chi connectivity index (χ2v) is 4.57. The van der Waals surface area contributed by atoms with E-state index < -0.39 is 11.4 Å². The van der Waals surface area contributed by atoms with E-state index >= 15 is 0 Å². The first-order valence-corrected chi connectivity index (χ1v) is 6.02. The largest absolute Gasteiger partial charge is 0.477 e. The van der Waals surface area contributed by atoms with E-state index in [1.165, 1.54) is 4.57 Å². The van der Waals surface area contributed by atoms with Crippen molar-refractivity contribution in [3.63, 3.8) is 0 Å². The number of aliphatic hydroxyl groups is 1. The molecule has 0 amide bonds. The third kappa shape index (κ3) is 2.22. The first-order valence-electron chi connectivity index (χ1n) is 5.64. The minimum absolute atomic E-state index is 0.0829. The normalized spacial score (nSPS) is 10.9. The van der Waals surface area contributed by atoms with Crippen molar-refractivity contribution in [1.82, 2.24) is 4.57 Å². The van der Waals surface area contributed by atoms with Crippen molar-refractivity contribution in [2.24, 2.45) is 0 Å². The summed E-state index contributed by atoms with van der Waals surface area (Å²) in [5.41, 5.74) is 0.590. The second kappa shape index (κ2) is 5.03. The minimum Gasteiger partial charge on any atom is -0.477 e. The van der Waals surface area contributed by atoms with Gasteiger partial charge in [0.15, 0.2) is 5.43 Å². The van der Waals surface area contributed by atoms with Gasteiger partial charge in [0.25, 0.3) is 0 Å². The lowest BCUT2D eigenvalue weighted by Gasteiger charge is -2.15. The van der Waals surface area contributed by atoms with E-state index in [4.69, 9.17) is 21.8 Å². The molecule has 19 heavy (non-hydrogen) atoms. The summed E-state index contributed by atoms with van der Waals surface area (Å²) < 4.78 is 1.40. The molecule has 1 aromatic carbocycles. The van der Waals surface area contributed by atoms with Crippen molar-refractivity contribution >= 4 is 28.5 Å². The SMILES string of the molecule is Cc1ccc(Cl)c2c(=O)cc(C(=O)O)n(CCO)c12. The topological polar surface area (TPSA) is 79.5 Å². The summed E-state index contributed by atoms with van der Waals surface area (Å²) in [6.45, 7) is 1.61. The molecule has 0 spiro atoms. The van der Waals surface area contributed by atoms with Crippen LogP contribution in [-0.4, -0.2) is 27.4 Å². The molecule has 1 heterocycles. The third-order valence-electron chi connectivity index (χ3n) is 2.95. The number of nitrogens with zero attached hydrogens (tertiary/aromatic N) is 1. The van der Waals surface area contributed by atoms with Gasteiger partial charge in [-0.05, 0) is 18.6 Å². The molecule has 0 aliphatic heterocycles. The van der Waals surface area contributed by atoms with E-state index in [2.05, 4.69) is 0 Å². The number of halogens is 1. The zero-order valence-electron chi connectivity index (χ0n) is 10.2. The minimum atomic E-state index is -1.22. The maximum atomic E-state index is 12.0. The van der Waals surface area contributed by atoms with Gasteiger partial charge in [0.1, 0.15) is 5.69 Å². The van der Waals surface area contributed by atoms with Crippen LogP contribution in [0.4, 0.5) is 0 Å². The van der Waals surface area contributed by atoms with Crippen molar-refractivity contribution in [3.05, 3.63) is 44.7 Å². The van der Waals surface area contributed by atoms with Crippen LogP contribution >= 0.6 is 11.6 Å². The number of fused-ring (bicyclic) bond motifs is 1. The maximum Gasteiger partial charge on any atom is 0.352 e. The molecule has 0 atom stereocenters. The summed E-state index contributed by atoms with van der Waals surface area (Å²) in [5.74, 6) is -1.22. The van der Waals surface area contributed by atoms with Crippen LogP contribution in [0.5, 0.6) is 0 Å². The van der Waals surface area contributed by atoms with Crippen LogP contribution < -0.4 is 5.43 Å². The van der Waals surface area contributed by atoms with Crippen LogP contribution in [-0.2, 0) is 6.54 Å². The summed E-state index contributed by atoms with van der Waals surface area (Å²) in [4.78, 5) is 23.2. The lowest BCUT2D eigenvalue weighted by molar-refractivity contribution is 0.0683. The molecule has 2 aromatic rings. The van der Waals surface area contributed by atoms with Gasteiger partial charge in [-0.15, -0.1) is 0 Å². The molecular weight excluding hydrogens is 270 g/mol. The Labute approximate surface area is 113 Å². The number of benzene rings is 1. The Balaban J connectivity index is 3.03. The summed E-state index contributed by atoms with van der Waals surface area (Å²) in [7, 11) is 0. The van der Waals surface area contributed by atoms with Gasteiger partial charge in [0.2, 0.25) is 0 Å². The number of aromatic carboxylic acids is 1. The van der Waals surface area contributed by atoms with Crippen molar-refractivity contribution in [1.29, 1.82) is 0 Å². The highest BCUT2D eigenvalue weighted by Crippen LogP contribution is 2.24. The number of hydrogen-bond acceptors (Lipinski definition) is 3. The van der Waals surface area contributed by atoms with Crippen LogP contribution in [0.25, 0.3) is 10.9 Å². The van der Waals surface area contributed by atoms with Gasteiger partial charge in [-0.3, -0.25) is 4.79 Å². The number of carbonyl (C=O) groups is 1. The molecule has 5 nitrogen and oxygen atoms in total. The standard InChI is InChI=1S/C13H12ClNO4/c1-7-2-3-8(14)11-10(17)6-9(13(18)19)15(4-5-16)12(7)11/h2-3,6,16H,4-5H2,1H3,(H,18,19). The van der Waals surface area contributed by atoms with Crippen molar-refractivity contribution in [3.8, 4) is 0 Å². The van der Waals surface area contributed by atoms with Gasteiger partial charge in [-0.2, -0.15) is 0 Å². The molecule has 0 aliphatic carbocycles. The summed E-state index contributed by atoms with van der Waals surface area (Å²) in [5, 5.41) is 18.8. The number of carboxylic acid groups (broad SMARTS) is 1. The number of hydrogen-bond donors (Lipinski definition) is 2. The van der Waals surface area contributed by atoms with Crippen LogP contribution in [0.1, 0.15) is 16.1 Å². The quantitative estimate of drug-likeness (QED) is 0.896. The lowest BCUT2D eigenvalue weighted by Crippen LogP contribution is -2.20. The van der Waals surface area contributed by atoms with E-state index in [-0.39, 0.29) is 29.3 Å². The average molecular weight is 282 g/mol. The third-order valence-corrected chi connectivity index (χ3v) is 3.26. The Hall–Kier alpha value is -1.85. The Bertz CT molecular complexity index is 721. The van der Waals surface area contributed by atoms with Crippen molar-refractivity contribution in [2.45, 2.75) is 13.5 Å². The molecular formula is C13H12ClNO4. The van der Waals surface area contributed by atoms with Gasteiger partial charge in [0.05, 0.1) is 22.5 Å². The van der Waals surface area contributed by atoms with Gasteiger partial charge in [-0.1, -0.05) is 17.7 Å². The highest BCUT2D eigenvalue weighted by molar-refractivity contribution is 6.35. The fraction of sp³-hybridized carbons (Fsp3) is 0.231. The van der Waals surface area contributed by atoms with E-state index in [0.29, 0.717) is 5.52 Å². The molecule has 0 fully saturated rings. The number of pyridine rings is 1. The van der Waals surface area contributed by atoms with E-state index in [0.717, 1.165) is 11.6 Å². The molecule has 2 N–H and O–H groups in total. The van der Waals surface area contributed by atoms with Crippen molar-refractivity contribution < 1.29 is 15.0 Å². The highest BCUT2D eigenvalue weighted by atomic mass is 35.5. The number of carboxylic acids is 1. The molecule has 0 saturated heterocycles. The fourth-order valence-corrected chi connectivity index (χ4v) is 2.40. The number of aromatic nitrogens is 1. The monoisotopic (exact) mass is 281 g/mol. The molecule has 0 bridgehead atoms. The predicted octanol–water partition coefficient (Wildman–Crippen LogP) is 1.65. The van der Waals surface area contributed by atoms with Gasteiger partial charge in [-0.25, -0.2) is 4.79 Å². The smallest absolute Gasteiger partial charge is 0.352 e. The molecule has 2 rings (SSSR count). The lowest BCUT2D eigenvalue weighted by atomic mass is 10.1. The molecule has 6 heteroatoms. The van der Waals surface area contributed by atoms with Crippen LogP contribution in [0, 0.1) is 6.92 Å². The Morgan fingerprint density at radius 2 is 2.11 bits per heavy atom. The summed E-state index contributed by atoms with van der Waals surface area (Å²) >= 11 is 6.02. The summed E-state index contributed by atoms with van der Waals surface area (Å²) in [6.07, 6.45) is 0. The van der Waals surface area contributed by atoms with E-state index in [9.17, 15) is 9.59 Å². The summed E-state index contributed by atoms with van der Waals surface area (Å²) in [6, 6.07) is 4.35. The van der Waals surface area contributed by atoms with Crippen LogP contribution in [0.15, 0.2) is 23.0 Å². The molecule has 0 unspecified atom stereocenters. The average Bonchev–Trinajstić information content (AvgIpc) is 2.35. The zero-order valence-corrected chi connectivity index (χ0v) is 10.9. The Kier molecular flexibility index (Phi) is 3.59. The number of rotatable bonds is 3. The van der Waals surface area contributed by atoms with Gasteiger partial charge in [0, 0.05) is 12.6 Å². The van der Waals surface area contributed by atoms with Crippen LogP contribution in [0.2, 0.25) is 5.02 Å². The maximum absolute atomic E-state index is 12.0. The number of aryl methyl sites for hydroxylation is 1.